The predicted molar refractivity (Wildman–Crippen MR) is 104 cm³/mol. The number of aliphatic hydroxyl groups excluding tert-OH is 1. The maximum absolute atomic E-state index is 13.0. The highest BCUT2D eigenvalue weighted by molar-refractivity contribution is 7.18. The first-order valence-corrected chi connectivity index (χ1v) is 9.78. The molecule has 142 valence electrons. The lowest BCUT2D eigenvalue weighted by molar-refractivity contribution is 0.0779. The number of likely N-dealkylation sites (N-methyl/N-ethyl adjacent to an activating group) is 1. The number of likely N-dealkylation sites (tertiary alicyclic amines) is 1. The molecule has 0 aliphatic carbocycles. The summed E-state index contributed by atoms with van der Waals surface area (Å²) < 4.78 is 6.17. The number of benzene rings is 1. The number of hydrogen-bond donors (Lipinski definition) is 1. The maximum Gasteiger partial charge on any atom is 0.253 e. The van der Waals surface area contributed by atoms with Crippen LogP contribution in [0.1, 0.15) is 15.4 Å². The minimum absolute atomic E-state index is 0.0402. The molecule has 1 aromatic carbocycles. The first-order valence-electron chi connectivity index (χ1n) is 8.96. The lowest BCUT2D eigenvalue weighted by atomic mass is 9.96. The molecule has 0 spiro atoms. The second-order valence-electron chi connectivity index (χ2n) is 7.08. The molecule has 1 N–H and O–H groups in total. The van der Waals surface area contributed by atoms with Crippen molar-refractivity contribution >= 4 is 27.5 Å². The van der Waals surface area contributed by atoms with Crippen LogP contribution in [0, 0.1) is 18.8 Å². The fourth-order valence-corrected chi connectivity index (χ4v) is 4.48. The van der Waals surface area contributed by atoms with Crippen LogP contribution in [0.5, 0.6) is 0 Å². The summed E-state index contributed by atoms with van der Waals surface area (Å²) in [4.78, 5) is 21.5. The summed E-state index contributed by atoms with van der Waals surface area (Å²) in [5, 5.41) is 10.8. The van der Waals surface area contributed by atoms with Gasteiger partial charge in [0.15, 0.2) is 0 Å². The Bertz CT molecular complexity index is 764. The van der Waals surface area contributed by atoms with Gasteiger partial charge in [-0.15, -0.1) is 11.3 Å². The highest BCUT2D eigenvalue weighted by Crippen LogP contribution is 2.27. The van der Waals surface area contributed by atoms with E-state index in [0.717, 1.165) is 28.3 Å². The van der Waals surface area contributed by atoms with Gasteiger partial charge in [0.05, 0.1) is 21.8 Å². The molecule has 1 aliphatic heterocycles. The van der Waals surface area contributed by atoms with Crippen LogP contribution in [0.4, 0.5) is 0 Å². The van der Waals surface area contributed by atoms with Crippen molar-refractivity contribution in [3.8, 4) is 0 Å². The van der Waals surface area contributed by atoms with Crippen molar-refractivity contribution in [2.45, 2.75) is 6.92 Å². The molecule has 2 heterocycles. The van der Waals surface area contributed by atoms with Gasteiger partial charge in [-0.3, -0.25) is 4.79 Å². The Morgan fingerprint density at radius 2 is 2.19 bits per heavy atom. The number of thiazole rings is 1. The van der Waals surface area contributed by atoms with Crippen LogP contribution in [-0.2, 0) is 4.74 Å². The average Bonchev–Trinajstić information content (AvgIpc) is 3.20. The molecule has 1 aliphatic rings. The molecule has 2 atom stereocenters. The second-order valence-corrected chi connectivity index (χ2v) is 8.32. The molecule has 1 fully saturated rings. The summed E-state index contributed by atoms with van der Waals surface area (Å²) in [5.74, 6) is 0.442. The van der Waals surface area contributed by atoms with Crippen LogP contribution in [0.15, 0.2) is 18.2 Å². The van der Waals surface area contributed by atoms with Gasteiger partial charge in [0, 0.05) is 51.4 Å². The van der Waals surface area contributed by atoms with Gasteiger partial charge in [0.1, 0.15) is 0 Å². The minimum atomic E-state index is 0.0402. The first kappa shape index (κ1) is 19.2. The predicted octanol–water partition coefficient (Wildman–Crippen LogP) is 1.86. The van der Waals surface area contributed by atoms with Gasteiger partial charge >= 0.3 is 0 Å². The van der Waals surface area contributed by atoms with Gasteiger partial charge in [-0.2, -0.15) is 0 Å². The molecule has 0 saturated carbocycles. The largest absolute Gasteiger partial charge is 0.396 e. The van der Waals surface area contributed by atoms with E-state index in [-0.39, 0.29) is 24.3 Å². The number of aryl methyl sites for hydroxylation is 1. The number of fused-ring (bicyclic) bond motifs is 1. The van der Waals surface area contributed by atoms with Crippen molar-refractivity contribution in [1.29, 1.82) is 0 Å². The Kier molecular flexibility index (Phi) is 6.24. The second kappa shape index (κ2) is 8.43. The normalized spacial score (nSPS) is 20.4. The van der Waals surface area contributed by atoms with Gasteiger partial charge in [0.25, 0.3) is 5.91 Å². The Morgan fingerprint density at radius 1 is 1.42 bits per heavy atom. The number of amides is 1. The first-order chi connectivity index (χ1) is 12.5. The van der Waals surface area contributed by atoms with Crippen molar-refractivity contribution in [2.75, 3.05) is 53.6 Å². The monoisotopic (exact) mass is 377 g/mol. The molecule has 3 rings (SSSR count). The van der Waals surface area contributed by atoms with E-state index in [2.05, 4.69) is 16.9 Å². The third-order valence-corrected chi connectivity index (χ3v) is 6.00. The number of methoxy groups -OCH3 is 1. The van der Waals surface area contributed by atoms with Gasteiger partial charge < -0.3 is 19.6 Å². The van der Waals surface area contributed by atoms with Crippen molar-refractivity contribution in [3.05, 3.63) is 28.8 Å². The quantitative estimate of drug-likeness (QED) is 0.798. The highest BCUT2D eigenvalue weighted by atomic mass is 32.1. The molecule has 0 bridgehead atoms. The number of carbonyl (C=O) groups excluding carboxylic acids is 1. The Labute approximate surface area is 158 Å². The van der Waals surface area contributed by atoms with Gasteiger partial charge in [-0.1, -0.05) is 0 Å². The third-order valence-electron chi connectivity index (χ3n) is 5.06. The minimum Gasteiger partial charge on any atom is -0.396 e. The van der Waals surface area contributed by atoms with Crippen LogP contribution in [0.2, 0.25) is 0 Å². The number of nitrogens with zero attached hydrogens (tertiary/aromatic N) is 3. The van der Waals surface area contributed by atoms with Gasteiger partial charge in [-0.05, 0) is 38.1 Å². The Hall–Kier alpha value is -1.54. The van der Waals surface area contributed by atoms with Crippen molar-refractivity contribution in [1.82, 2.24) is 14.8 Å². The van der Waals surface area contributed by atoms with Crippen molar-refractivity contribution in [3.63, 3.8) is 0 Å². The van der Waals surface area contributed by atoms with E-state index in [0.29, 0.717) is 25.3 Å². The molecule has 2 aromatic rings. The van der Waals surface area contributed by atoms with Crippen molar-refractivity contribution < 1.29 is 14.6 Å². The molecule has 1 saturated heterocycles. The zero-order chi connectivity index (χ0) is 18.7. The zero-order valence-electron chi connectivity index (χ0n) is 15.6. The lowest BCUT2D eigenvalue weighted by Crippen LogP contribution is -2.33. The summed E-state index contributed by atoms with van der Waals surface area (Å²) in [7, 11) is 3.75. The van der Waals surface area contributed by atoms with E-state index in [1.165, 1.54) is 0 Å². The van der Waals surface area contributed by atoms with E-state index in [4.69, 9.17) is 4.74 Å². The SMILES string of the molecule is COCCN(C)C[C@@H]1CN(C(=O)c2ccc3nc(C)sc3c2)C[C@@H]1CO. The molecule has 0 unspecified atom stereocenters. The zero-order valence-corrected chi connectivity index (χ0v) is 16.5. The Morgan fingerprint density at radius 3 is 2.92 bits per heavy atom. The molecule has 1 amide bonds. The van der Waals surface area contributed by atoms with E-state index >= 15 is 0 Å². The van der Waals surface area contributed by atoms with E-state index in [1.807, 2.05) is 30.0 Å². The average molecular weight is 378 g/mol. The van der Waals surface area contributed by atoms with E-state index in [1.54, 1.807) is 18.4 Å². The summed E-state index contributed by atoms with van der Waals surface area (Å²) in [5.41, 5.74) is 1.64. The van der Waals surface area contributed by atoms with Crippen LogP contribution >= 0.6 is 11.3 Å². The molecule has 6 nitrogen and oxygen atoms in total. The number of aromatic nitrogens is 1. The molecule has 1 aromatic heterocycles. The summed E-state index contributed by atoms with van der Waals surface area (Å²) in [6.07, 6.45) is 0. The maximum atomic E-state index is 13.0. The van der Waals surface area contributed by atoms with Crippen LogP contribution in [0.3, 0.4) is 0 Å². The summed E-state index contributed by atoms with van der Waals surface area (Å²) >= 11 is 1.61. The van der Waals surface area contributed by atoms with Crippen LogP contribution < -0.4 is 0 Å². The molecular weight excluding hydrogens is 350 g/mol. The third kappa shape index (κ3) is 4.23. The number of ether oxygens (including phenoxy) is 1. The van der Waals surface area contributed by atoms with Gasteiger partial charge in [0.2, 0.25) is 0 Å². The summed E-state index contributed by atoms with van der Waals surface area (Å²) in [6, 6.07) is 5.71. The smallest absolute Gasteiger partial charge is 0.253 e. The number of rotatable bonds is 7. The fourth-order valence-electron chi connectivity index (χ4n) is 3.61. The fraction of sp³-hybridized carbons (Fsp3) is 0.579. The number of hydrogen-bond acceptors (Lipinski definition) is 6. The van der Waals surface area contributed by atoms with Gasteiger partial charge in [-0.25, -0.2) is 4.98 Å². The molecule has 7 heteroatoms. The van der Waals surface area contributed by atoms with Crippen LogP contribution in [-0.4, -0.2) is 79.3 Å². The molecular formula is C19H27N3O3S. The standard InChI is InChI=1S/C19H27N3O3S/c1-13-20-17-5-4-14(8-18(17)26-13)19(24)22-10-15(16(11-22)12-23)9-21(2)6-7-25-3/h4-5,8,15-16,23H,6-7,9-12H2,1-3H3/t15-,16-/m1/s1. The summed E-state index contributed by atoms with van der Waals surface area (Å²) in [6.45, 7) is 5.76. The Balaban J connectivity index is 1.68. The highest BCUT2D eigenvalue weighted by Gasteiger charge is 2.35. The molecule has 0 radical (unpaired) electrons. The van der Waals surface area contributed by atoms with Crippen molar-refractivity contribution in [2.24, 2.45) is 11.8 Å². The number of aliphatic hydroxyl groups is 1. The lowest BCUT2D eigenvalue weighted by Gasteiger charge is -2.23. The topological polar surface area (TPSA) is 65.9 Å². The van der Waals surface area contributed by atoms with E-state index < -0.39 is 0 Å². The number of carbonyl (C=O) groups is 1. The van der Waals surface area contributed by atoms with Crippen LogP contribution in [0.25, 0.3) is 10.2 Å². The van der Waals surface area contributed by atoms with E-state index in [9.17, 15) is 9.90 Å². The molecule has 26 heavy (non-hydrogen) atoms.